The fourth-order valence-electron chi connectivity index (χ4n) is 4.98. The molecule has 8 nitrogen and oxygen atoms in total. The number of fused-ring (bicyclic) bond motifs is 1. The minimum absolute atomic E-state index is 0.187. The molecule has 0 bridgehead atoms. The molecule has 5 N–H and O–H groups in total. The van der Waals surface area contributed by atoms with Gasteiger partial charge in [0, 0.05) is 62.5 Å². The first-order chi connectivity index (χ1) is 14.1. The minimum atomic E-state index is 0.187. The Labute approximate surface area is 179 Å². The van der Waals surface area contributed by atoms with Crippen LogP contribution in [0.25, 0.3) is 0 Å². The molecular weight excluding hydrogens is 432 g/mol. The number of pyridine rings is 1. The van der Waals surface area contributed by atoms with Gasteiger partial charge in [-0.2, -0.15) is 5.10 Å². The van der Waals surface area contributed by atoms with E-state index in [9.17, 15) is 0 Å². The Kier molecular flexibility index (Phi) is 5.34. The van der Waals surface area contributed by atoms with Crippen LogP contribution < -0.4 is 26.8 Å². The summed E-state index contributed by atoms with van der Waals surface area (Å²) in [5.74, 6) is 1.48. The molecule has 2 aromatic heterocycles. The van der Waals surface area contributed by atoms with Crippen LogP contribution in [-0.2, 0) is 7.05 Å². The second-order valence-corrected chi connectivity index (χ2v) is 9.42. The van der Waals surface area contributed by atoms with Crippen LogP contribution in [0.3, 0.4) is 0 Å². The number of hydrogen-bond donors (Lipinski definition) is 4. The topological polar surface area (TPSA) is 96.1 Å². The van der Waals surface area contributed by atoms with Gasteiger partial charge >= 0.3 is 0 Å². The maximum Gasteiger partial charge on any atom is 0.143 e. The number of anilines is 1. The number of aromatic nitrogens is 3. The standard InChI is InChI=1S/C20H29BrN8/c1-28-10-12(8-24-28)17-7-14-18(9-23-17)26-27-19(14)16-5-4-15(21)20(25-16)29-6-2-3-13(22)11-29/h4-5,8,10,13-14,17-19,23,26-27H,2-3,6-7,9,11,22H2,1H3/t13-,14?,17?,18?,19?/m0/s1. The Morgan fingerprint density at radius 3 is 2.97 bits per heavy atom. The number of piperidine rings is 2. The molecule has 0 aromatic carbocycles. The summed E-state index contributed by atoms with van der Waals surface area (Å²) in [7, 11) is 1.97. The van der Waals surface area contributed by atoms with Crippen LogP contribution in [0.2, 0.25) is 0 Å². The van der Waals surface area contributed by atoms with E-state index in [2.05, 4.69) is 60.4 Å². The number of aryl methyl sites for hydroxylation is 1. The van der Waals surface area contributed by atoms with Crippen molar-refractivity contribution in [3.8, 4) is 0 Å². The van der Waals surface area contributed by atoms with E-state index >= 15 is 0 Å². The maximum atomic E-state index is 6.21. The molecule has 9 heteroatoms. The van der Waals surface area contributed by atoms with Crippen LogP contribution in [0, 0.1) is 5.92 Å². The lowest BCUT2D eigenvalue weighted by atomic mass is 9.82. The third-order valence-corrected chi connectivity index (χ3v) is 7.13. The van der Waals surface area contributed by atoms with Gasteiger partial charge in [-0.1, -0.05) is 0 Å². The monoisotopic (exact) mass is 460 g/mol. The molecule has 5 heterocycles. The molecule has 3 fully saturated rings. The Balaban J connectivity index is 1.38. The number of halogens is 1. The molecule has 0 radical (unpaired) electrons. The summed E-state index contributed by atoms with van der Waals surface area (Å²) in [5, 5.41) is 8.01. The number of rotatable bonds is 3. The van der Waals surface area contributed by atoms with Crippen molar-refractivity contribution in [1.82, 2.24) is 30.9 Å². The number of nitrogens with one attached hydrogen (secondary N) is 3. The number of nitrogens with two attached hydrogens (primary N) is 1. The van der Waals surface area contributed by atoms with Crippen molar-refractivity contribution in [3.63, 3.8) is 0 Å². The van der Waals surface area contributed by atoms with Gasteiger partial charge in [-0.3, -0.25) is 10.1 Å². The molecule has 0 saturated carbocycles. The van der Waals surface area contributed by atoms with E-state index in [-0.39, 0.29) is 12.1 Å². The van der Waals surface area contributed by atoms with E-state index in [4.69, 9.17) is 10.7 Å². The van der Waals surface area contributed by atoms with Crippen LogP contribution in [0.15, 0.2) is 29.0 Å². The minimum Gasteiger partial charge on any atom is -0.354 e. The third-order valence-electron chi connectivity index (χ3n) is 6.51. The average molecular weight is 461 g/mol. The number of hydrazine groups is 1. The van der Waals surface area contributed by atoms with Gasteiger partial charge in [0.05, 0.1) is 22.4 Å². The highest BCUT2D eigenvalue weighted by atomic mass is 79.9. The molecule has 4 unspecified atom stereocenters. The van der Waals surface area contributed by atoms with Gasteiger partial charge in [0.1, 0.15) is 5.82 Å². The highest BCUT2D eigenvalue weighted by Crippen LogP contribution is 2.39. The number of hydrogen-bond acceptors (Lipinski definition) is 7. The fraction of sp³-hybridized carbons (Fsp3) is 0.600. The molecule has 5 rings (SSSR count). The van der Waals surface area contributed by atoms with E-state index in [0.29, 0.717) is 18.0 Å². The molecule has 0 spiro atoms. The van der Waals surface area contributed by atoms with Crippen molar-refractivity contribution in [2.24, 2.45) is 18.7 Å². The molecule has 156 valence electrons. The largest absolute Gasteiger partial charge is 0.354 e. The normalized spacial score (nSPS) is 32.4. The van der Waals surface area contributed by atoms with Gasteiger partial charge in [0.15, 0.2) is 0 Å². The lowest BCUT2D eigenvalue weighted by Crippen LogP contribution is -2.46. The third kappa shape index (κ3) is 3.82. The second kappa shape index (κ2) is 7.96. The quantitative estimate of drug-likeness (QED) is 0.549. The van der Waals surface area contributed by atoms with Crippen molar-refractivity contribution < 1.29 is 0 Å². The molecule has 0 amide bonds. The fourth-order valence-corrected chi connectivity index (χ4v) is 5.45. The average Bonchev–Trinajstić information content (AvgIpc) is 3.34. The van der Waals surface area contributed by atoms with Crippen LogP contribution >= 0.6 is 15.9 Å². The van der Waals surface area contributed by atoms with Crippen molar-refractivity contribution in [3.05, 3.63) is 40.3 Å². The molecule has 3 aliphatic rings. The summed E-state index contributed by atoms with van der Waals surface area (Å²) >= 11 is 3.71. The van der Waals surface area contributed by atoms with E-state index < -0.39 is 0 Å². The van der Waals surface area contributed by atoms with Crippen molar-refractivity contribution in [2.75, 3.05) is 24.5 Å². The highest BCUT2D eigenvalue weighted by molar-refractivity contribution is 9.10. The lowest BCUT2D eigenvalue weighted by molar-refractivity contribution is 0.265. The van der Waals surface area contributed by atoms with Gasteiger partial charge in [0.2, 0.25) is 0 Å². The molecular formula is C20H29BrN8. The molecule has 3 aliphatic heterocycles. The van der Waals surface area contributed by atoms with Gasteiger partial charge in [-0.15, -0.1) is 0 Å². The molecule has 5 atom stereocenters. The first-order valence-corrected chi connectivity index (χ1v) is 11.3. The van der Waals surface area contributed by atoms with Gasteiger partial charge in [-0.05, 0) is 47.3 Å². The first-order valence-electron chi connectivity index (χ1n) is 10.5. The predicted molar refractivity (Wildman–Crippen MR) is 116 cm³/mol. The summed E-state index contributed by atoms with van der Waals surface area (Å²) in [6.45, 7) is 2.81. The Morgan fingerprint density at radius 1 is 1.28 bits per heavy atom. The van der Waals surface area contributed by atoms with E-state index in [0.717, 1.165) is 54.9 Å². The molecule has 2 aromatic rings. The zero-order valence-electron chi connectivity index (χ0n) is 16.7. The molecule has 0 aliphatic carbocycles. The van der Waals surface area contributed by atoms with Crippen LogP contribution in [0.1, 0.15) is 42.6 Å². The summed E-state index contributed by atoms with van der Waals surface area (Å²) in [6, 6.07) is 5.40. The Morgan fingerprint density at radius 2 is 2.17 bits per heavy atom. The zero-order chi connectivity index (χ0) is 20.0. The van der Waals surface area contributed by atoms with Crippen LogP contribution in [-0.4, -0.2) is 46.5 Å². The van der Waals surface area contributed by atoms with Crippen LogP contribution in [0.5, 0.6) is 0 Å². The van der Waals surface area contributed by atoms with Gasteiger partial charge in [-0.25, -0.2) is 10.4 Å². The predicted octanol–water partition coefficient (Wildman–Crippen LogP) is 1.37. The zero-order valence-corrected chi connectivity index (χ0v) is 18.3. The van der Waals surface area contributed by atoms with E-state index in [1.165, 1.54) is 5.56 Å². The maximum absolute atomic E-state index is 6.21. The van der Waals surface area contributed by atoms with Crippen molar-refractivity contribution >= 4 is 21.7 Å². The van der Waals surface area contributed by atoms with Crippen molar-refractivity contribution in [1.29, 1.82) is 0 Å². The molecule has 3 saturated heterocycles. The smallest absolute Gasteiger partial charge is 0.143 e. The highest BCUT2D eigenvalue weighted by Gasteiger charge is 2.42. The molecule has 29 heavy (non-hydrogen) atoms. The summed E-state index contributed by atoms with van der Waals surface area (Å²) < 4.78 is 2.91. The van der Waals surface area contributed by atoms with E-state index in [1.807, 2.05) is 17.9 Å². The Bertz CT molecular complexity index is 870. The summed E-state index contributed by atoms with van der Waals surface area (Å²) in [5.41, 5.74) is 15.6. The van der Waals surface area contributed by atoms with Gasteiger partial charge < -0.3 is 16.0 Å². The van der Waals surface area contributed by atoms with Gasteiger partial charge in [0.25, 0.3) is 0 Å². The van der Waals surface area contributed by atoms with E-state index in [1.54, 1.807) is 0 Å². The first kappa shape index (κ1) is 19.4. The second-order valence-electron chi connectivity index (χ2n) is 8.57. The Hall–Kier alpha value is -1.52. The van der Waals surface area contributed by atoms with Crippen LogP contribution in [0.4, 0.5) is 5.82 Å². The lowest BCUT2D eigenvalue weighted by Gasteiger charge is -2.35. The SMILES string of the molecule is Cn1cc(C2CC3C(CN2)NNC3c2ccc(Br)c(N3CCC[C@H](N)C3)n2)cn1. The number of nitrogens with zero attached hydrogens (tertiary/aromatic N) is 4. The summed E-state index contributed by atoms with van der Waals surface area (Å²) in [6.07, 6.45) is 7.33. The van der Waals surface area contributed by atoms with Crippen molar-refractivity contribution in [2.45, 2.75) is 43.4 Å². The summed E-state index contributed by atoms with van der Waals surface area (Å²) in [4.78, 5) is 7.41.